The lowest BCUT2D eigenvalue weighted by Gasteiger charge is -2.26. The molecule has 14 nitrogen and oxygen atoms in total. The van der Waals surface area contributed by atoms with Gasteiger partial charge in [0, 0.05) is 18.6 Å². The maximum Gasteiger partial charge on any atom is 0.372 e. The van der Waals surface area contributed by atoms with Gasteiger partial charge in [0.15, 0.2) is 6.20 Å². The average Bonchev–Trinajstić information content (AvgIpc) is 3.40. The molecule has 4 atom stereocenters. The number of ether oxygens (including phenoxy) is 3. The highest BCUT2D eigenvalue weighted by atomic mass is 31.2. The Morgan fingerprint density at radius 2 is 1.93 bits per heavy atom. The average molecular weight is 644 g/mol. The summed E-state index contributed by atoms with van der Waals surface area (Å²) in [5.74, 6) is -2.53. The lowest BCUT2D eigenvalue weighted by atomic mass is 10.1. The van der Waals surface area contributed by atoms with Crippen LogP contribution in [0.25, 0.3) is 10.9 Å². The van der Waals surface area contributed by atoms with E-state index in [0.717, 1.165) is 4.57 Å². The van der Waals surface area contributed by atoms with Gasteiger partial charge < -0.3 is 28.2 Å². The van der Waals surface area contributed by atoms with Gasteiger partial charge >= 0.3 is 25.5 Å². The molecule has 236 valence electrons. The van der Waals surface area contributed by atoms with Crippen LogP contribution in [0.4, 0.5) is 4.39 Å². The Balaban J connectivity index is 1.31. The number of carbonyl (C=O) groups is 2. The van der Waals surface area contributed by atoms with E-state index in [1.165, 1.54) is 24.3 Å². The van der Waals surface area contributed by atoms with Crippen LogP contribution < -0.4 is 25.2 Å². The van der Waals surface area contributed by atoms with Crippen molar-refractivity contribution in [1.82, 2.24) is 9.55 Å². The van der Waals surface area contributed by atoms with E-state index < -0.39 is 61.9 Å². The topological polar surface area (TPSA) is 179 Å². The Morgan fingerprint density at radius 1 is 1.16 bits per heavy atom. The summed E-state index contributed by atoms with van der Waals surface area (Å²) in [7, 11) is -5.05. The monoisotopic (exact) mass is 643 g/mol. The zero-order chi connectivity index (χ0) is 32.1. The number of aromatic nitrogens is 3. The lowest BCUT2D eigenvalue weighted by molar-refractivity contribution is -0.660. The van der Waals surface area contributed by atoms with Gasteiger partial charge in [-0.25, -0.2) is 14.4 Å². The summed E-state index contributed by atoms with van der Waals surface area (Å²) in [5.41, 5.74) is -1.40. The van der Waals surface area contributed by atoms with Crippen LogP contribution in [0.15, 0.2) is 82.6 Å². The Hall–Kier alpha value is -4.69. The number of rotatable bonds is 11. The second kappa shape index (κ2) is 13.5. The fourth-order valence-electron chi connectivity index (χ4n) is 4.72. The van der Waals surface area contributed by atoms with Gasteiger partial charge in [0.1, 0.15) is 24.2 Å². The number of pyridine rings is 1. The fraction of sp³-hybridized carbons (Fsp3) is 0.276. The van der Waals surface area contributed by atoms with E-state index in [2.05, 4.69) is 0 Å². The van der Waals surface area contributed by atoms with Crippen molar-refractivity contribution in [3.63, 3.8) is 0 Å². The van der Waals surface area contributed by atoms with Crippen molar-refractivity contribution in [2.24, 2.45) is 0 Å². The lowest BCUT2D eigenvalue weighted by Crippen LogP contribution is -2.39. The molecule has 2 aromatic heterocycles. The first kappa shape index (κ1) is 31.7. The van der Waals surface area contributed by atoms with Gasteiger partial charge in [-0.3, -0.25) is 18.9 Å². The predicted molar refractivity (Wildman–Crippen MR) is 150 cm³/mol. The minimum atomic E-state index is -5.05. The number of H-pyrrole nitrogens is 1. The summed E-state index contributed by atoms with van der Waals surface area (Å²) in [6.07, 6.45) is -1.50. The molecule has 0 radical (unpaired) electrons. The van der Waals surface area contributed by atoms with Crippen LogP contribution in [0.1, 0.15) is 29.9 Å². The van der Waals surface area contributed by atoms with Crippen molar-refractivity contribution in [3.8, 4) is 5.75 Å². The molecule has 0 aliphatic carbocycles. The molecule has 45 heavy (non-hydrogen) atoms. The van der Waals surface area contributed by atoms with Crippen LogP contribution in [0.2, 0.25) is 0 Å². The number of esters is 2. The Morgan fingerprint density at radius 3 is 2.69 bits per heavy atom. The van der Waals surface area contributed by atoms with Crippen molar-refractivity contribution >= 4 is 30.7 Å². The molecule has 1 saturated heterocycles. The highest BCUT2D eigenvalue weighted by Crippen LogP contribution is 2.42. The van der Waals surface area contributed by atoms with E-state index in [1.54, 1.807) is 54.1 Å². The molecule has 1 fully saturated rings. The number of carbonyl (C=O) groups excluding carboxylic acids is 2. The number of hydrogen-bond acceptors (Lipinski definition) is 11. The smallest absolute Gasteiger partial charge is 0.372 e. The van der Waals surface area contributed by atoms with Gasteiger partial charge in [0.05, 0.1) is 30.4 Å². The fourth-order valence-corrected chi connectivity index (χ4v) is 5.47. The van der Waals surface area contributed by atoms with Gasteiger partial charge in [0.2, 0.25) is 17.9 Å². The molecule has 5 rings (SSSR count). The normalized spacial score (nSPS) is 19.1. The highest BCUT2D eigenvalue weighted by Gasteiger charge is 2.40. The molecule has 1 N–H and O–H groups in total. The number of benzene rings is 2. The molecule has 0 saturated carbocycles. The van der Waals surface area contributed by atoms with Gasteiger partial charge in [-0.15, -0.1) is 0 Å². The van der Waals surface area contributed by atoms with Crippen molar-refractivity contribution in [2.75, 3.05) is 13.2 Å². The van der Waals surface area contributed by atoms with Crippen LogP contribution in [0, 0.1) is 5.82 Å². The van der Waals surface area contributed by atoms with E-state index in [9.17, 15) is 33.0 Å². The molecule has 4 aromatic rings. The molecule has 1 unspecified atom stereocenters. The number of nitrogens with zero attached hydrogens (tertiary/aromatic N) is 2. The number of halogens is 1. The van der Waals surface area contributed by atoms with Crippen molar-refractivity contribution < 1.29 is 51.3 Å². The van der Waals surface area contributed by atoms with E-state index in [0.29, 0.717) is 17.1 Å². The minimum Gasteiger partial charge on any atom is -0.746 e. The Bertz CT molecular complexity index is 1880. The number of nitrogens with one attached hydrogen (secondary N) is 1. The standard InChI is InChI=1S/C29H27FN3O11P/c1-2-40-26(34)16-32-12-6-9-19-13-20(10-11-22(19)32)44-45(38,39)41-17-24-23(43-28(36)18-7-4-3-5-8-18)14-25(42-24)33-15-21(30)27(35)31-29(33)37/h3-13,15,23-25H,2,14,16-17H2,1H3,(H-,31,35,37,38,39)/t23-,24+,25+/m0/s1. The van der Waals surface area contributed by atoms with E-state index in [-0.39, 0.29) is 30.9 Å². The number of aromatic amines is 1. The highest BCUT2D eigenvalue weighted by molar-refractivity contribution is 7.46. The summed E-state index contributed by atoms with van der Waals surface area (Å²) in [6, 6.07) is 15.7. The zero-order valence-corrected chi connectivity index (χ0v) is 24.6. The second-order valence-electron chi connectivity index (χ2n) is 9.81. The van der Waals surface area contributed by atoms with Crippen molar-refractivity contribution in [3.05, 3.63) is 105 Å². The molecular formula is C29H27FN3O11P. The van der Waals surface area contributed by atoms with Crippen molar-refractivity contribution in [2.45, 2.75) is 38.3 Å². The Labute approximate surface area is 254 Å². The third-order valence-electron chi connectivity index (χ3n) is 6.75. The Kier molecular flexibility index (Phi) is 9.54. The summed E-state index contributed by atoms with van der Waals surface area (Å²) < 4.78 is 55.7. The summed E-state index contributed by atoms with van der Waals surface area (Å²) in [6.45, 7) is 1.18. The minimum absolute atomic E-state index is 0.0508. The molecule has 0 spiro atoms. The first-order valence-electron chi connectivity index (χ1n) is 13.7. The maximum absolute atomic E-state index is 14.0. The van der Waals surface area contributed by atoms with Crippen LogP contribution >= 0.6 is 7.82 Å². The quantitative estimate of drug-likeness (QED) is 0.143. The summed E-state index contributed by atoms with van der Waals surface area (Å²) in [4.78, 5) is 63.2. The summed E-state index contributed by atoms with van der Waals surface area (Å²) >= 11 is 0. The second-order valence-corrected chi connectivity index (χ2v) is 11.1. The summed E-state index contributed by atoms with van der Waals surface area (Å²) in [5, 5.41) is 0.563. The third kappa shape index (κ3) is 7.70. The molecule has 1 aliphatic rings. The number of phosphoric acid groups is 1. The number of phosphoric ester groups is 1. The maximum atomic E-state index is 14.0. The SMILES string of the molecule is CCOC(=O)C[n+]1cccc2cc(OP(=O)([O-])OC[C@H]3O[C@@H](n4cc(F)c(=O)[nH]c4=O)C[C@@H]3OC(=O)c3ccccc3)ccc21. The van der Waals surface area contributed by atoms with E-state index in [4.69, 9.17) is 23.3 Å². The molecule has 3 heterocycles. The molecule has 1 aliphatic heterocycles. The first-order valence-corrected chi connectivity index (χ1v) is 15.1. The molecule has 2 aromatic carbocycles. The molecular weight excluding hydrogens is 616 g/mol. The van der Waals surface area contributed by atoms with Crippen LogP contribution in [0.3, 0.4) is 0 Å². The van der Waals surface area contributed by atoms with Crippen LogP contribution in [-0.2, 0) is 34.6 Å². The molecule has 0 amide bonds. The predicted octanol–water partition coefficient (Wildman–Crippen LogP) is 1.76. The van der Waals surface area contributed by atoms with Gasteiger partial charge in [0.25, 0.3) is 5.56 Å². The molecule has 0 bridgehead atoms. The van der Waals surface area contributed by atoms with Gasteiger partial charge in [-0.1, -0.05) is 18.2 Å². The number of fused-ring (bicyclic) bond motifs is 1. The van der Waals surface area contributed by atoms with E-state index >= 15 is 0 Å². The zero-order valence-electron chi connectivity index (χ0n) is 23.7. The third-order valence-corrected chi connectivity index (χ3v) is 7.65. The van der Waals surface area contributed by atoms with E-state index in [1.807, 2.05) is 4.98 Å². The first-order chi connectivity index (χ1) is 21.5. The van der Waals surface area contributed by atoms with Crippen molar-refractivity contribution in [1.29, 1.82) is 0 Å². The van der Waals surface area contributed by atoms with Crippen LogP contribution in [-0.4, -0.2) is 46.9 Å². The van der Waals surface area contributed by atoms with Gasteiger partial charge in [-0.05, 0) is 37.3 Å². The molecule has 16 heteroatoms. The van der Waals surface area contributed by atoms with Crippen LogP contribution in [0.5, 0.6) is 5.75 Å². The largest absolute Gasteiger partial charge is 0.746 e. The number of hydrogen-bond donors (Lipinski definition) is 1. The van der Waals surface area contributed by atoms with Gasteiger partial charge in [-0.2, -0.15) is 8.96 Å².